The number of benzene rings is 5. The summed E-state index contributed by atoms with van der Waals surface area (Å²) in [4.78, 5) is 0. The molecular weight excluding hydrogens is 432 g/mol. The van der Waals surface area contributed by atoms with Crippen molar-refractivity contribution in [2.24, 2.45) is 0 Å². The predicted octanol–water partition coefficient (Wildman–Crippen LogP) is 9.15. The molecule has 0 amide bonds. The van der Waals surface area contributed by atoms with Gasteiger partial charge < -0.3 is 0 Å². The van der Waals surface area contributed by atoms with Gasteiger partial charge >= 0.3 is 0 Å². The molecule has 6 rings (SSSR count). The maximum atomic E-state index is 2.27. The largest absolute Gasteiger partial charge is 0.0654 e. The van der Waals surface area contributed by atoms with Gasteiger partial charge in [0, 0.05) is 0 Å². The summed E-state index contributed by atoms with van der Waals surface area (Å²) in [6.07, 6.45) is 0. The molecule has 36 heavy (non-hydrogen) atoms. The average molecular weight is 460 g/mol. The van der Waals surface area contributed by atoms with Gasteiger partial charge in [0.1, 0.15) is 0 Å². The van der Waals surface area contributed by atoms with Gasteiger partial charge in [0.25, 0.3) is 0 Å². The molecule has 5 aromatic carbocycles. The van der Waals surface area contributed by atoms with Crippen LogP contribution in [0, 0.1) is 12.8 Å². The number of rotatable bonds is 5. The minimum atomic E-state index is 1.23. The van der Waals surface area contributed by atoms with Gasteiger partial charge in [0.05, 0.1) is 5.92 Å². The van der Waals surface area contributed by atoms with E-state index < -0.39 is 0 Å². The molecule has 0 aliphatic heterocycles. The summed E-state index contributed by atoms with van der Waals surface area (Å²) in [5.41, 5.74) is 12.5. The fourth-order valence-corrected chi connectivity index (χ4v) is 5.21. The highest BCUT2D eigenvalue weighted by molar-refractivity contribution is 6.34. The molecule has 0 N–H and O–H groups in total. The Bertz CT molecular complexity index is 1420. The topological polar surface area (TPSA) is 0 Å². The van der Waals surface area contributed by atoms with Crippen molar-refractivity contribution in [1.82, 2.24) is 0 Å². The molecule has 0 heteroatoms. The molecule has 0 fully saturated rings. The highest BCUT2D eigenvalue weighted by atomic mass is 14.4. The van der Waals surface area contributed by atoms with Gasteiger partial charge in [-0.25, -0.2) is 0 Å². The third-order valence-corrected chi connectivity index (χ3v) is 6.84. The first-order valence-electron chi connectivity index (χ1n) is 12.5. The molecule has 1 radical (unpaired) electrons. The normalized spacial score (nSPS) is 13.9. The lowest BCUT2D eigenvalue weighted by molar-refractivity contribution is 1.35. The molecule has 5 aromatic rings. The lowest BCUT2D eigenvalue weighted by Gasteiger charge is -2.21. The second-order valence-electron chi connectivity index (χ2n) is 9.21. The molecule has 0 saturated carbocycles. The van der Waals surface area contributed by atoms with Crippen molar-refractivity contribution in [3.63, 3.8) is 0 Å². The van der Waals surface area contributed by atoms with Crippen molar-refractivity contribution in [2.75, 3.05) is 0 Å². The average Bonchev–Trinajstić information content (AvgIpc) is 3.31. The fourth-order valence-electron chi connectivity index (χ4n) is 5.21. The second-order valence-corrected chi connectivity index (χ2v) is 9.21. The van der Waals surface area contributed by atoms with E-state index in [4.69, 9.17) is 0 Å². The van der Waals surface area contributed by atoms with Gasteiger partial charge in [-0.3, -0.25) is 0 Å². The number of hydrogen-bond donors (Lipinski definition) is 0. The third kappa shape index (κ3) is 4.01. The van der Waals surface area contributed by atoms with Crippen LogP contribution in [0.25, 0.3) is 22.3 Å². The predicted molar refractivity (Wildman–Crippen MR) is 153 cm³/mol. The van der Waals surface area contributed by atoms with Crippen LogP contribution in [0.4, 0.5) is 0 Å². The summed E-state index contributed by atoms with van der Waals surface area (Å²) in [6.45, 7) is 2.15. The summed E-state index contributed by atoms with van der Waals surface area (Å²) in [5.74, 6) is 1.28. The Balaban J connectivity index is 1.77. The molecule has 0 spiro atoms. The Morgan fingerprint density at radius 2 is 0.583 bits per heavy atom. The first-order valence-corrected chi connectivity index (χ1v) is 12.5. The van der Waals surface area contributed by atoms with Crippen LogP contribution >= 0.6 is 0 Å². The van der Waals surface area contributed by atoms with E-state index in [0.29, 0.717) is 0 Å². The van der Waals surface area contributed by atoms with E-state index in [0.717, 1.165) is 0 Å². The molecule has 0 bridgehead atoms. The van der Waals surface area contributed by atoms with Crippen molar-refractivity contribution >= 4 is 22.3 Å². The lowest BCUT2D eigenvalue weighted by Crippen LogP contribution is -2.04. The Morgan fingerprint density at radius 1 is 0.278 bits per heavy atom. The first kappa shape index (κ1) is 22.1. The summed E-state index contributed by atoms with van der Waals surface area (Å²) in [6, 6.07) is 52.4. The monoisotopic (exact) mass is 459 g/mol. The molecule has 171 valence electrons. The molecule has 0 heterocycles. The van der Waals surface area contributed by atoms with Crippen LogP contribution in [0.2, 0.25) is 0 Å². The van der Waals surface area contributed by atoms with Gasteiger partial charge in [-0.1, -0.05) is 151 Å². The van der Waals surface area contributed by atoms with Gasteiger partial charge in [-0.05, 0) is 57.0 Å². The van der Waals surface area contributed by atoms with Crippen LogP contribution < -0.4 is 0 Å². The number of hydrogen-bond acceptors (Lipinski definition) is 0. The van der Waals surface area contributed by atoms with E-state index >= 15 is 0 Å². The summed E-state index contributed by atoms with van der Waals surface area (Å²) < 4.78 is 0. The molecule has 0 saturated heterocycles. The molecule has 0 aromatic heterocycles. The highest BCUT2D eigenvalue weighted by Gasteiger charge is 2.38. The van der Waals surface area contributed by atoms with Gasteiger partial charge in [0.15, 0.2) is 0 Å². The molecule has 0 atom stereocenters. The first-order chi connectivity index (χ1) is 17.8. The summed E-state index contributed by atoms with van der Waals surface area (Å²) in [5, 5.41) is 0. The van der Waals surface area contributed by atoms with E-state index in [-0.39, 0.29) is 0 Å². The molecule has 0 unspecified atom stereocenters. The van der Waals surface area contributed by atoms with Crippen molar-refractivity contribution in [2.45, 2.75) is 6.92 Å². The Labute approximate surface area is 213 Å². The van der Waals surface area contributed by atoms with Crippen LogP contribution in [-0.4, -0.2) is 0 Å². The Kier molecular flexibility index (Phi) is 5.93. The van der Waals surface area contributed by atoms with Crippen molar-refractivity contribution in [1.29, 1.82) is 0 Å². The van der Waals surface area contributed by atoms with E-state index in [9.17, 15) is 0 Å². The maximum Gasteiger partial charge on any atom is 0.0654 e. The number of allylic oxidation sites excluding steroid dienone is 4. The quantitative estimate of drug-likeness (QED) is 0.246. The van der Waals surface area contributed by atoms with E-state index in [1.54, 1.807) is 0 Å². The van der Waals surface area contributed by atoms with Gasteiger partial charge in [0.2, 0.25) is 0 Å². The van der Waals surface area contributed by atoms with E-state index in [1.165, 1.54) is 61.6 Å². The Morgan fingerprint density at radius 3 is 0.917 bits per heavy atom. The third-order valence-electron chi connectivity index (χ3n) is 6.84. The zero-order valence-corrected chi connectivity index (χ0v) is 20.4. The lowest BCUT2D eigenvalue weighted by atomic mass is 9.81. The van der Waals surface area contributed by atoms with Gasteiger partial charge in [-0.2, -0.15) is 0 Å². The van der Waals surface area contributed by atoms with Crippen molar-refractivity contribution in [3.05, 3.63) is 185 Å². The highest BCUT2D eigenvalue weighted by Crippen LogP contribution is 2.57. The van der Waals surface area contributed by atoms with E-state index in [2.05, 4.69) is 153 Å². The van der Waals surface area contributed by atoms with Gasteiger partial charge in [-0.15, -0.1) is 0 Å². The Hall–Kier alpha value is -4.42. The van der Waals surface area contributed by atoms with Crippen LogP contribution in [0.1, 0.15) is 33.4 Å². The summed E-state index contributed by atoms with van der Waals surface area (Å²) in [7, 11) is 0. The number of aryl methyl sites for hydroxylation is 1. The van der Waals surface area contributed by atoms with Crippen LogP contribution in [0.5, 0.6) is 0 Å². The second kappa shape index (κ2) is 9.68. The van der Waals surface area contributed by atoms with E-state index in [1.807, 2.05) is 0 Å². The smallest absolute Gasteiger partial charge is 0.0622 e. The minimum Gasteiger partial charge on any atom is -0.0622 e. The maximum absolute atomic E-state index is 2.27. The SMILES string of the molecule is Cc1ccc([C]2C(c3ccccc3)=C(c3ccccc3)C(c3ccccc3)=C2c2ccccc2)cc1. The zero-order valence-electron chi connectivity index (χ0n) is 20.4. The zero-order chi connectivity index (χ0) is 24.3. The van der Waals surface area contributed by atoms with Crippen molar-refractivity contribution in [3.8, 4) is 0 Å². The summed E-state index contributed by atoms with van der Waals surface area (Å²) >= 11 is 0. The molecule has 1 aliphatic carbocycles. The fraction of sp³-hybridized carbons (Fsp3) is 0.0278. The van der Waals surface area contributed by atoms with Crippen LogP contribution in [0.3, 0.4) is 0 Å². The minimum absolute atomic E-state index is 1.23. The van der Waals surface area contributed by atoms with Crippen LogP contribution in [-0.2, 0) is 0 Å². The standard InChI is InChI=1S/C36H27/c1-26-22-24-31(25-23-26)36-34(29-18-10-4-11-19-29)32(27-14-6-2-7-15-27)33(28-16-8-3-9-17-28)35(36)30-20-12-5-13-21-30/h2-25H,1H3. The molecule has 0 nitrogen and oxygen atoms in total. The molecule has 1 aliphatic rings. The molecular formula is C36H27. The van der Waals surface area contributed by atoms with Crippen LogP contribution in [0.15, 0.2) is 146 Å². The van der Waals surface area contributed by atoms with Crippen molar-refractivity contribution < 1.29 is 0 Å².